The minimum Gasteiger partial charge on any atom is -0.480 e. The number of aliphatic hydroxyl groups excluding tert-OH is 1. The molecule has 2 unspecified atom stereocenters. The number of hydrogen-bond acceptors (Lipinski definition) is 4. The summed E-state index contributed by atoms with van der Waals surface area (Å²) in [7, 11) is 1.46. The molecular weight excluding hydrogens is 210 g/mol. The SMILES string of the molecule is COCC(C)(NC(CO)CC(C)C)C(=O)O. The lowest BCUT2D eigenvalue weighted by Crippen LogP contribution is -2.57. The number of carboxylic acid groups (broad SMARTS) is 1. The van der Waals surface area contributed by atoms with Gasteiger partial charge >= 0.3 is 5.97 Å². The first-order chi connectivity index (χ1) is 7.35. The van der Waals surface area contributed by atoms with Crippen LogP contribution in [0.4, 0.5) is 0 Å². The Morgan fingerprint density at radius 2 is 2.06 bits per heavy atom. The number of hydrogen-bond donors (Lipinski definition) is 3. The average Bonchev–Trinajstić information content (AvgIpc) is 2.16. The molecule has 96 valence electrons. The van der Waals surface area contributed by atoms with E-state index in [2.05, 4.69) is 5.32 Å². The van der Waals surface area contributed by atoms with Gasteiger partial charge in [-0.2, -0.15) is 0 Å². The molecule has 0 amide bonds. The summed E-state index contributed by atoms with van der Waals surface area (Å²) in [6.07, 6.45) is 0.725. The van der Waals surface area contributed by atoms with Crippen LogP contribution >= 0.6 is 0 Å². The van der Waals surface area contributed by atoms with Gasteiger partial charge in [-0.25, -0.2) is 0 Å². The number of aliphatic hydroxyl groups is 1. The number of nitrogens with one attached hydrogen (secondary N) is 1. The van der Waals surface area contributed by atoms with Crippen molar-refractivity contribution < 1.29 is 19.7 Å². The van der Waals surface area contributed by atoms with Crippen LogP contribution in [0.25, 0.3) is 0 Å². The lowest BCUT2D eigenvalue weighted by Gasteiger charge is -2.31. The van der Waals surface area contributed by atoms with Crippen molar-refractivity contribution in [3.63, 3.8) is 0 Å². The maximum Gasteiger partial charge on any atom is 0.326 e. The zero-order valence-corrected chi connectivity index (χ0v) is 10.5. The fourth-order valence-corrected chi connectivity index (χ4v) is 1.65. The summed E-state index contributed by atoms with van der Waals surface area (Å²) in [5.41, 5.74) is -1.16. The molecule has 0 saturated heterocycles. The second-order valence-corrected chi connectivity index (χ2v) is 4.72. The topological polar surface area (TPSA) is 78.8 Å². The molecule has 0 saturated carbocycles. The molecule has 0 aromatic heterocycles. The van der Waals surface area contributed by atoms with Crippen LogP contribution < -0.4 is 5.32 Å². The Kier molecular flexibility index (Phi) is 6.55. The minimum atomic E-state index is -1.16. The van der Waals surface area contributed by atoms with E-state index >= 15 is 0 Å². The molecule has 0 aliphatic carbocycles. The highest BCUT2D eigenvalue weighted by atomic mass is 16.5. The number of rotatable bonds is 8. The average molecular weight is 233 g/mol. The molecule has 0 spiro atoms. The van der Waals surface area contributed by atoms with Crippen LogP contribution in [0.3, 0.4) is 0 Å². The highest BCUT2D eigenvalue weighted by Gasteiger charge is 2.35. The highest BCUT2D eigenvalue weighted by molar-refractivity contribution is 5.78. The molecule has 0 aliphatic heterocycles. The third-order valence-corrected chi connectivity index (χ3v) is 2.40. The van der Waals surface area contributed by atoms with Crippen molar-refractivity contribution in [3.8, 4) is 0 Å². The second kappa shape index (κ2) is 6.83. The molecule has 0 aromatic rings. The van der Waals surface area contributed by atoms with Crippen molar-refractivity contribution in [3.05, 3.63) is 0 Å². The largest absolute Gasteiger partial charge is 0.480 e. The van der Waals surface area contributed by atoms with E-state index in [0.717, 1.165) is 6.42 Å². The minimum absolute atomic E-state index is 0.0664. The molecule has 0 bridgehead atoms. The quantitative estimate of drug-likeness (QED) is 0.568. The fraction of sp³-hybridized carbons (Fsp3) is 0.909. The fourth-order valence-electron chi connectivity index (χ4n) is 1.65. The highest BCUT2D eigenvalue weighted by Crippen LogP contribution is 2.11. The maximum atomic E-state index is 11.1. The zero-order chi connectivity index (χ0) is 12.8. The molecule has 0 aromatic carbocycles. The summed E-state index contributed by atoms with van der Waals surface area (Å²) >= 11 is 0. The van der Waals surface area contributed by atoms with Gasteiger partial charge < -0.3 is 14.9 Å². The van der Waals surface area contributed by atoms with Gasteiger partial charge in [0.05, 0.1) is 13.2 Å². The first-order valence-corrected chi connectivity index (χ1v) is 5.46. The van der Waals surface area contributed by atoms with Gasteiger partial charge in [-0.1, -0.05) is 13.8 Å². The number of aliphatic carboxylic acids is 1. The van der Waals surface area contributed by atoms with Crippen LogP contribution in [0.15, 0.2) is 0 Å². The summed E-state index contributed by atoms with van der Waals surface area (Å²) in [4.78, 5) is 11.1. The Bertz CT molecular complexity index is 220. The van der Waals surface area contributed by atoms with E-state index in [1.54, 1.807) is 6.92 Å². The molecule has 0 radical (unpaired) electrons. The Morgan fingerprint density at radius 3 is 2.38 bits per heavy atom. The Balaban J connectivity index is 4.52. The van der Waals surface area contributed by atoms with Gasteiger partial charge in [0.2, 0.25) is 0 Å². The summed E-state index contributed by atoms with van der Waals surface area (Å²) in [5, 5.41) is 21.2. The van der Waals surface area contributed by atoms with Gasteiger partial charge in [-0.3, -0.25) is 10.1 Å². The standard InChI is InChI=1S/C11H23NO4/c1-8(2)5-9(6-13)12-11(3,7-16-4)10(14)15/h8-9,12-13H,5-7H2,1-4H3,(H,14,15). The van der Waals surface area contributed by atoms with E-state index in [0.29, 0.717) is 5.92 Å². The van der Waals surface area contributed by atoms with Crippen LogP contribution in [-0.4, -0.2) is 48.1 Å². The van der Waals surface area contributed by atoms with Crippen LogP contribution in [0.2, 0.25) is 0 Å². The zero-order valence-electron chi connectivity index (χ0n) is 10.5. The monoisotopic (exact) mass is 233 g/mol. The second-order valence-electron chi connectivity index (χ2n) is 4.72. The van der Waals surface area contributed by atoms with Crippen molar-refractivity contribution in [1.29, 1.82) is 0 Å². The molecule has 3 N–H and O–H groups in total. The van der Waals surface area contributed by atoms with Crippen molar-refractivity contribution in [2.24, 2.45) is 5.92 Å². The van der Waals surface area contributed by atoms with Crippen LogP contribution in [0.5, 0.6) is 0 Å². The molecule has 5 heteroatoms. The van der Waals surface area contributed by atoms with Crippen molar-refractivity contribution >= 4 is 5.97 Å². The van der Waals surface area contributed by atoms with Crippen molar-refractivity contribution in [1.82, 2.24) is 5.32 Å². The molecule has 0 aliphatic rings. The number of carbonyl (C=O) groups is 1. The van der Waals surface area contributed by atoms with Gasteiger partial charge in [0, 0.05) is 13.2 Å². The normalized spacial score (nSPS) is 17.1. The first kappa shape index (κ1) is 15.3. The number of ether oxygens (including phenoxy) is 1. The molecule has 2 atom stereocenters. The van der Waals surface area contributed by atoms with E-state index in [-0.39, 0.29) is 19.3 Å². The Morgan fingerprint density at radius 1 is 1.50 bits per heavy atom. The van der Waals surface area contributed by atoms with Crippen LogP contribution in [0.1, 0.15) is 27.2 Å². The number of carboxylic acids is 1. The van der Waals surface area contributed by atoms with E-state index < -0.39 is 11.5 Å². The maximum absolute atomic E-state index is 11.1. The Labute approximate surface area is 96.8 Å². The third kappa shape index (κ3) is 4.92. The van der Waals surface area contributed by atoms with Gasteiger partial charge in [0.25, 0.3) is 0 Å². The van der Waals surface area contributed by atoms with Crippen LogP contribution in [0, 0.1) is 5.92 Å². The van der Waals surface area contributed by atoms with E-state index in [9.17, 15) is 9.90 Å². The van der Waals surface area contributed by atoms with Gasteiger partial charge in [0.1, 0.15) is 5.54 Å². The number of methoxy groups -OCH3 is 1. The summed E-state index contributed by atoms with van der Waals surface area (Å²) < 4.78 is 4.89. The molecule has 0 heterocycles. The van der Waals surface area contributed by atoms with E-state index in [1.807, 2.05) is 13.8 Å². The molecule has 0 fully saturated rings. The Hall–Kier alpha value is -0.650. The van der Waals surface area contributed by atoms with E-state index in [4.69, 9.17) is 9.84 Å². The summed E-state index contributed by atoms with van der Waals surface area (Å²) in [6.45, 7) is 5.60. The first-order valence-electron chi connectivity index (χ1n) is 5.46. The lowest BCUT2D eigenvalue weighted by atomic mass is 9.98. The van der Waals surface area contributed by atoms with Crippen LogP contribution in [-0.2, 0) is 9.53 Å². The van der Waals surface area contributed by atoms with Gasteiger partial charge in [0.15, 0.2) is 0 Å². The molecule has 16 heavy (non-hydrogen) atoms. The van der Waals surface area contributed by atoms with Crippen molar-refractivity contribution in [2.75, 3.05) is 20.3 Å². The predicted molar refractivity (Wildman–Crippen MR) is 61.4 cm³/mol. The molecule has 5 nitrogen and oxygen atoms in total. The summed E-state index contributed by atoms with van der Waals surface area (Å²) in [6, 6.07) is -0.226. The van der Waals surface area contributed by atoms with Gasteiger partial charge in [-0.05, 0) is 19.3 Å². The third-order valence-electron chi connectivity index (χ3n) is 2.40. The summed E-state index contributed by atoms with van der Waals surface area (Å²) in [5.74, 6) is -0.582. The molecule has 0 rings (SSSR count). The lowest BCUT2D eigenvalue weighted by molar-refractivity contribution is -0.147. The van der Waals surface area contributed by atoms with Gasteiger partial charge in [-0.15, -0.1) is 0 Å². The smallest absolute Gasteiger partial charge is 0.326 e. The molecular formula is C11H23NO4. The van der Waals surface area contributed by atoms with E-state index in [1.165, 1.54) is 7.11 Å². The predicted octanol–water partition coefficient (Wildman–Crippen LogP) is 0.473. The van der Waals surface area contributed by atoms with Crippen molar-refractivity contribution in [2.45, 2.75) is 38.8 Å².